The Bertz CT molecular complexity index is 532. The molecule has 1 amide bonds. The molecule has 0 aromatic carbocycles. The van der Waals surface area contributed by atoms with E-state index >= 15 is 0 Å². The number of hydrogen-bond donors (Lipinski definition) is 1. The van der Waals surface area contributed by atoms with E-state index in [9.17, 15) is 4.79 Å². The van der Waals surface area contributed by atoms with Gasteiger partial charge in [0.1, 0.15) is 5.69 Å². The number of halogens is 2. The second-order valence-corrected chi connectivity index (χ2v) is 7.79. The van der Waals surface area contributed by atoms with E-state index in [0.717, 1.165) is 42.0 Å². The number of carbonyl (C=O) groups excluding carboxylic acids is 1. The molecule has 23 heavy (non-hydrogen) atoms. The summed E-state index contributed by atoms with van der Waals surface area (Å²) < 4.78 is 3.05. The molecule has 2 aliphatic heterocycles. The van der Waals surface area contributed by atoms with E-state index in [2.05, 4.69) is 39.7 Å². The summed E-state index contributed by atoms with van der Waals surface area (Å²) in [7, 11) is 0. The highest BCUT2D eigenvalue weighted by Crippen LogP contribution is 2.27. The lowest BCUT2D eigenvalue weighted by molar-refractivity contribution is 0.0662. The third-order valence-electron chi connectivity index (χ3n) is 5.08. The van der Waals surface area contributed by atoms with Gasteiger partial charge in [-0.1, -0.05) is 0 Å². The molecular formula is C17H27BrClN3O. The summed E-state index contributed by atoms with van der Waals surface area (Å²) in [5, 5.41) is 3.62. The van der Waals surface area contributed by atoms with E-state index < -0.39 is 0 Å². The van der Waals surface area contributed by atoms with Crippen molar-refractivity contribution in [2.24, 2.45) is 5.92 Å². The number of amides is 1. The van der Waals surface area contributed by atoms with Crippen molar-refractivity contribution >= 4 is 34.2 Å². The minimum Gasteiger partial charge on any atom is -0.340 e. The molecule has 1 unspecified atom stereocenters. The van der Waals surface area contributed by atoms with Gasteiger partial charge in [-0.25, -0.2) is 0 Å². The fourth-order valence-electron chi connectivity index (χ4n) is 3.83. The molecule has 4 nitrogen and oxygen atoms in total. The normalized spacial score (nSPS) is 22.4. The Morgan fingerprint density at radius 1 is 1.30 bits per heavy atom. The first kappa shape index (κ1) is 18.8. The molecule has 0 radical (unpaired) electrons. The molecule has 0 spiro atoms. The quantitative estimate of drug-likeness (QED) is 0.830. The highest BCUT2D eigenvalue weighted by molar-refractivity contribution is 9.10. The van der Waals surface area contributed by atoms with E-state index in [1.807, 2.05) is 17.2 Å². The molecule has 3 heterocycles. The number of likely N-dealkylation sites (tertiary alicyclic amines) is 1. The van der Waals surface area contributed by atoms with Crippen molar-refractivity contribution in [3.05, 3.63) is 22.4 Å². The van der Waals surface area contributed by atoms with Crippen LogP contribution in [-0.4, -0.2) is 41.1 Å². The summed E-state index contributed by atoms with van der Waals surface area (Å²) in [5.41, 5.74) is 0.805. The molecule has 1 aromatic heterocycles. The van der Waals surface area contributed by atoms with Gasteiger partial charge in [0.15, 0.2) is 0 Å². The minimum absolute atomic E-state index is 0. The number of nitrogens with one attached hydrogen (secondary N) is 1. The second kappa shape index (κ2) is 8.04. The predicted molar refractivity (Wildman–Crippen MR) is 99.4 cm³/mol. The van der Waals surface area contributed by atoms with Crippen LogP contribution in [0, 0.1) is 5.92 Å². The van der Waals surface area contributed by atoms with Gasteiger partial charge in [0.25, 0.3) is 5.91 Å². The van der Waals surface area contributed by atoms with Gasteiger partial charge in [0, 0.05) is 35.8 Å². The van der Waals surface area contributed by atoms with Gasteiger partial charge in [-0.2, -0.15) is 0 Å². The van der Waals surface area contributed by atoms with Crippen LogP contribution in [0.4, 0.5) is 0 Å². The third-order valence-corrected chi connectivity index (χ3v) is 5.52. The van der Waals surface area contributed by atoms with Gasteiger partial charge in [0.2, 0.25) is 0 Å². The first-order valence-corrected chi connectivity index (χ1v) is 9.25. The Balaban J connectivity index is 0.00000192. The van der Waals surface area contributed by atoms with Crippen LogP contribution in [0.5, 0.6) is 0 Å². The summed E-state index contributed by atoms with van der Waals surface area (Å²) in [6.45, 7) is 7.17. The predicted octanol–water partition coefficient (Wildman–Crippen LogP) is 3.86. The largest absolute Gasteiger partial charge is 0.340 e. The van der Waals surface area contributed by atoms with Crippen molar-refractivity contribution in [2.45, 2.75) is 51.6 Å². The molecule has 2 fully saturated rings. The summed E-state index contributed by atoms with van der Waals surface area (Å²) in [6.07, 6.45) is 6.88. The zero-order valence-corrected chi connectivity index (χ0v) is 16.3. The summed E-state index contributed by atoms with van der Waals surface area (Å²) >= 11 is 3.50. The minimum atomic E-state index is 0. The van der Waals surface area contributed by atoms with Crippen LogP contribution < -0.4 is 5.32 Å². The molecule has 1 aromatic rings. The molecule has 6 heteroatoms. The molecule has 0 saturated carbocycles. The van der Waals surface area contributed by atoms with Gasteiger partial charge in [0.05, 0.1) is 0 Å². The topological polar surface area (TPSA) is 37.3 Å². The zero-order chi connectivity index (χ0) is 15.7. The Labute approximate surface area is 153 Å². The van der Waals surface area contributed by atoms with Crippen molar-refractivity contribution in [1.29, 1.82) is 0 Å². The number of hydrogen-bond acceptors (Lipinski definition) is 2. The molecule has 2 aliphatic rings. The van der Waals surface area contributed by atoms with Gasteiger partial charge in [-0.3, -0.25) is 4.79 Å². The van der Waals surface area contributed by atoms with Crippen molar-refractivity contribution in [3.8, 4) is 0 Å². The van der Waals surface area contributed by atoms with E-state index in [-0.39, 0.29) is 18.3 Å². The molecule has 1 N–H and O–H groups in total. The number of nitrogens with zero attached hydrogens (tertiary/aromatic N) is 2. The average molecular weight is 405 g/mol. The summed E-state index contributed by atoms with van der Waals surface area (Å²) in [6, 6.07) is 2.93. The van der Waals surface area contributed by atoms with Crippen LogP contribution in [0.1, 0.15) is 56.1 Å². The molecule has 1 atom stereocenters. The van der Waals surface area contributed by atoms with E-state index in [1.54, 1.807) is 0 Å². The van der Waals surface area contributed by atoms with E-state index in [0.29, 0.717) is 12.1 Å². The maximum absolute atomic E-state index is 12.8. The lowest BCUT2D eigenvalue weighted by atomic mass is 9.88. The molecule has 130 valence electrons. The molecule has 3 rings (SSSR count). The lowest BCUT2D eigenvalue weighted by Crippen LogP contribution is -2.43. The fraction of sp³-hybridized carbons (Fsp3) is 0.706. The molecule has 0 aliphatic carbocycles. The maximum atomic E-state index is 12.8. The van der Waals surface area contributed by atoms with Crippen LogP contribution in [0.2, 0.25) is 0 Å². The smallest absolute Gasteiger partial charge is 0.270 e. The monoisotopic (exact) mass is 403 g/mol. The first-order valence-electron chi connectivity index (χ1n) is 8.46. The average Bonchev–Trinajstić information content (AvgIpc) is 3.16. The first-order chi connectivity index (χ1) is 10.6. The number of carbonyl (C=O) groups is 1. The van der Waals surface area contributed by atoms with E-state index in [1.165, 1.54) is 19.4 Å². The van der Waals surface area contributed by atoms with Crippen LogP contribution in [0.25, 0.3) is 0 Å². The molecule has 0 bridgehead atoms. The van der Waals surface area contributed by atoms with Crippen LogP contribution >= 0.6 is 28.3 Å². The molecular weight excluding hydrogens is 378 g/mol. The van der Waals surface area contributed by atoms with Gasteiger partial charge in [-0.15, -0.1) is 12.4 Å². The third kappa shape index (κ3) is 4.12. The maximum Gasteiger partial charge on any atom is 0.270 e. The zero-order valence-electron chi connectivity index (χ0n) is 13.9. The SMILES string of the molecule is CC(C)n1cc(Br)cc1C(=O)N1CCC(C2CCCN2)CC1.Cl. The van der Waals surface area contributed by atoms with Gasteiger partial charge in [-0.05, 0) is 74.0 Å². The number of aromatic nitrogens is 1. The van der Waals surface area contributed by atoms with Gasteiger partial charge < -0.3 is 14.8 Å². The van der Waals surface area contributed by atoms with Crippen LogP contribution in [0.3, 0.4) is 0 Å². The molecule has 2 saturated heterocycles. The Hall–Kier alpha value is -0.520. The van der Waals surface area contributed by atoms with Crippen molar-refractivity contribution < 1.29 is 4.79 Å². The number of rotatable bonds is 3. The second-order valence-electron chi connectivity index (χ2n) is 6.88. The van der Waals surface area contributed by atoms with Gasteiger partial charge >= 0.3 is 0 Å². The Morgan fingerprint density at radius 3 is 2.57 bits per heavy atom. The summed E-state index contributed by atoms with van der Waals surface area (Å²) in [4.78, 5) is 14.9. The van der Waals surface area contributed by atoms with E-state index in [4.69, 9.17) is 0 Å². The lowest BCUT2D eigenvalue weighted by Gasteiger charge is -2.35. The number of piperidine rings is 1. The van der Waals surface area contributed by atoms with Crippen molar-refractivity contribution in [3.63, 3.8) is 0 Å². The fourth-order valence-corrected chi connectivity index (χ4v) is 4.26. The highest BCUT2D eigenvalue weighted by atomic mass is 79.9. The van der Waals surface area contributed by atoms with Crippen molar-refractivity contribution in [2.75, 3.05) is 19.6 Å². The van der Waals surface area contributed by atoms with Crippen molar-refractivity contribution in [1.82, 2.24) is 14.8 Å². The van der Waals surface area contributed by atoms with Crippen LogP contribution in [-0.2, 0) is 0 Å². The highest BCUT2D eigenvalue weighted by Gasteiger charge is 2.31. The van der Waals surface area contributed by atoms with Crippen LogP contribution in [0.15, 0.2) is 16.7 Å². The standard InChI is InChI=1S/C17H26BrN3O.ClH/c1-12(2)21-11-14(18)10-16(21)17(22)20-8-5-13(6-9-20)15-4-3-7-19-15;/h10-13,15,19H,3-9H2,1-2H3;1H. The Kier molecular flexibility index (Phi) is 6.57. The summed E-state index contributed by atoms with van der Waals surface area (Å²) in [5.74, 6) is 0.924. The Morgan fingerprint density at radius 2 is 2.00 bits per heavy atom.